The van der Waals surface area contributed by atoms with Gasteiger partial charge in [0.1, 0.15) is 11.9 Å². The van der Waals surface area contributed by atoms with Crippen LogP contribution >= 0.6 is 15.9 Å². The minimum absolute atomic E-state index is 0.149. The van der Waals surface area contributed by atoms with Crippen molar-refractivity contribution in [1.82, 2.24) is 0 Å². The highest BCUT2D eigenvalue weighted by Crippen LogP contribution is 2.32. The van der Waals surface area contributed by atoms with E-state index in [1.54, 1.807) is 7.11 Å². The highest BCUT2D eigenvalue weighted by atomic mass is 79.9. The van der Waals surface area contributed by atoms with E-state index in [1.807, 2.05) is 25.1 Å². The SMILES string of the molecule is COc1cccc(C(C)ON)c1Br. The Kier molecular flexibility index (Phi) is 3.71. The summed E-state index contributed by atoms with van der Waals surface area (Å²) in [4.78, 5) is 4.73. The molecular weight excluding hydrogens is 234 g/mol. The Morgan fingerprint density at radius 2 is 2.15 bits per heavy atom. The summed E-state index contributed by atoms with van der Waals surface area (Å²) >= 11 is 3.42. The molecule has 4 heteroatoms. The molecule has 72 valence electrons. The van der Waals surface area contributed by atoms with E-state index in [4.69, 9.17) is 15.5 Å². The van der Waals surface area contributed by atoms with Crippen LogP contribution in [0.4, 0.5) is 0 Å². The monoisotopic (exact) mass is 245 g/mol. The van der Waals surface area contributed by atoms with E-state index in [0.29, 0.717) is 0 Å². The zero-order valence-corrected chi connectivity index (χ0v) is 9.17. The second kappa shape index (κ2) is 4.60. The van der Waals surface area contributed by atoms with Crippen LogP contribution in [0.3, 0.4) is 0 Å². The first-order valence-electron chi connectivity index (χ1n) is 3.88. The lowest BCUT2D eigenvalue weighted by molar-refractivity contribution is 0.0657. The first-order valence-corrected chi connectivity index (χ1v) is 4.68. The maximum Gasteiger partial charge on any atom is 0.133 e. The van der Waals surface area contributed by atoms with Crippen molar-refractivity contribution in [2.45, 2.75) is 13.0 Å². The van der Waals surface area contributed by atoms with Crippen molar-refractivity contribution in [3.8, 4) is 5.75 Å². The van der Waals surface area contributed by atoms with Gasteiger partial charge in [-0.1, -0.05) is 12.1 Å². The summed E-state index contributed by atoms with van der Waals surface area (Å²) in [5.41, 5.74) is 0.974. The lowest BCUT2D eigenvalue weighted by Gasteiger charge is -2.13. The topological polar surface area (TPSA) is 44.5 Å². The van der Waals surface area contributed by atoms with Crippen LogP contribution in [-0.2, 0) is 4.84 Å². The molecule has 1 aromatic rings. The molecule has 0 saturated carbocycles. The molecule has 0 aliphatic heterocycles. The molecule has 0 saturated heterocycles. The molecule has 2 N–H and O–H groups in total. The van der Waals surface area contributed by atoms with E-state index < -0.39 is 0 Å². The second-order valence-electron chi connectivity index (χ2n) is 2.64. The highest BCUT2D eigenvalue weighted by molar-refractivity contribution is 9.10. The van der Waals surface area contributed by atoms with Crippen LogP contribution in [0.15, 0.2) is 22.7 Å². The molecule has 0 aliphatic rings. The van der Waals surface area contributed by atoms with Crippen LogP contribution in [0.1, 0.15) is 18.6 Å². The number of benzene rings is 1. The Bertz CT molecular complexity index is 291. The van der Waals surface area contributed by atoms with Crippen molar-refractivity contribution in [3.63, 3.8) is 0 Å². The van der Waals surface area contributed by atoms with Crippen molar-refractivity contribution < 1.29 is 9.57 Å². The third-order valence-electron chi connectivity index (χ3n) is 1.86. The van der Waals surface area contributed by atoms with Gasteiger partial charge in [-0.25, -0.2) is 5.90 Å². The van der Waals surface area contributed by atoms with E-state index in [9.17, 15) is 0 Å². The average molecular weight is 246 g/mol. The van der Waals surface area contributed by atoms with E-state index in [0.717, 1.165) is 15.8 Å². The van der Waals surface area contributed by atoms with Crippen LogP contribution in [0.2, 0.25) is 0 Å². The molecular formula is C9H12BrNO2. The van der Waals surface area contributed by atoms with Gasteiger partial charge in [0.25, 0.3) is 0 Å². The van der Waals surface area contributed by atoms with E-state index >= 15 is 0 Å². The van der Waals surface area contributed by atoms with Gasteiger partial charge in [0.05, 0.1) is 11.6 Å². The Morgan fingerprint density at radius 3 is 2.69 bits per heavy atom. The van der Waals surface area contributed by atoms with Gasteiger partial charge < -0.3 is 4.74 Å². The van der Waals surface area contributed by atoms with Gasteiger partial charge in [-0.05, 0) is 28.9 Å². The zero-order valence-electron chi connectivity index (χ0n) is 7.58. The fraction of sp³-hybridized carbons (Fsp3) is 0.333. The van der Waals surface area contributed by atoms with Gasteiger partial charge in [0.2, 0.25) is 0 Å². The van der Waals surface area contributed by atoms with Crippen LogP contribution in [0.5, 0.6) is 5.75 Å². The molecule has 1 rings (SSSR count). The third kappa shape index (κ3) is 2.21. The fourth-order valence-electron chi connectivity index (χ4n) is 1.07. The number of hydrogen-bond acceptors (Lipinski definition) is 3. The Morgan fingerprint density at radius 1 is 1.46 bits per heavy atom. The van der Waals surface area contributed by atoms with Crippen molar-refractivity contribution in [2.24, 2.45) is 5.90 Å². The molecule has 0 fully saturated rings. The molecule has 0 spiro atoms. The first-order chi connectivity index (χ1) is 6.20. The molecule has 0 bridgehead atoms. The Hall–Kier alpha value is -0.580. The lowest BCUT2D eigenvalue weighted by Crippen LogP contribution is -2.06. The molecule has 0 radical (unpaired) electrons. The van der Waals surface area contributed by atoms with Crippen LogP contribution in [0.25, 0.3) is 0 Å². The van der Waals surface area contributed by atoms with Crippen molar-refractivity contribution >= 4 is 15.9 Å². The van der Waals surface area contributed by atoms with Crippen LogP contribution < -0.4 is 10.6 Å². The fourth-order valence-corrected chi connectivity index (χ4v) is 1.82. The summed E-state index contributed by atoms with van der Waals surface area (Å²) in [5, 5.41) is 0. The zero-order chi connectivity index (χ0) is 9.84. The quantitative estimate of drug-likeness (QED) is 0.833. The predicted octanol–water partition coefficient (Wildman–Crippen LogP) is 2.41. The van der Waals surface area contributed by atoms with Crippen molar-refractivity contribution in [2.75, 3.05) is 7.11 Å². The Balaban J connectivity index is 3.08. The molecule has 13 heavy (non-hydrogen) atoms. The predicted molar refractivity (Wildman–Crippen MR) is 54.4 cm³/mol. The number of ether oxygens (including phenoxy) is 1. The van der Waals surface area contributed by atoms with E-state index in [2.05, 4.69) is 15.9 Å². The van der Waals surface area contributed by atoms with Gasteiger partial charge in [0, 0.05) is 5.56 Å². The second-order valence-corrected chi connectivity index (χ2v) is 3.43. The first kappa shape index (κ1) is 10.5. The van der Waals surface area contributed by atoms with Gasteiger partial charge in [-0.15, -0.1) is 0 Å². The molecule has 1 unspecified atom stereocenters. The Labute approximate surface area is 85.9 Å². The summed E-state index contributed by atoms with van der Waals surface area (Å²) < 4.78 is 6.02. The molecule has 0 heterocycles. The van der Waals surface area contributed by atoms with Crippen molar-refractivity contribution in [1.29, 1.82) is 0 Å². The van der Waals surface area contributed by atoms with Gasteiger partial charge in [-0.3, -0.25) is 4.84 Å². The standard InChI is InChI=1S/C9H12BrNO2/c1-6(13-11)7-4-3-5-8(12-2)9(7)10/h3-6H,11H2,1-2H3. The summed E-state index contributed by atoms with van der Waals surface area (Å²) in [6.45, 7) is 1.87. The highest BCUT2D eigenvalue weighted by Gasteiger charge is 2.11. The number of halogens is 1. The lowest BCUT2D eigenvalue weighted by atomic mass is 10.1. The average Bonchev–Trinajstić information content (AvgIpc) is 2.17. The summed E-state index contributed by atoms with van der Waals surface area (Å²) in [5.74, 6) is 5.88. The van der Waals surface area contributed by atoms with E-state index in [1.165, 1.54) is 0 Å². The van der Waals surface area contributed by atoms with Gasteiger partial charge in [0.15, 0.2) is 0 Å². The molecule has 3 nitrogen and oxygen atoms in total. The number of rotatable bonds is 3. The molecule has 0 aromatic heterocycles. The van der Waals surface area contributed by atoms with Gasteiger partial charge in [-0.2, -0.15) is 0 Å². The van der Waals surface area contributed by atoms with Crippen LogP contribution in [-0.4, -0.2) is 7.11 Å². The third-order valence-corrected chi connectivity index (χ3v) is 2.70. The number of hydrogen-bond donors (Lipinski definition) is 1. The van der Waals surface area contributed by atoms with E-state index in [-0.39, 0.29) is 6.10 Å². The van der Waals surface area contributed by atoms with Gasteiger partial charge >= 0.3 is 0 Å². The summed E-state index contributed by atoms with van der Waals surface area (Å²) in [6.07, 6.45) is -0.149. The molecule has 0 aliphatic carbocycles. The minimum atomic E-state index is -0.149. The van der Waals surface area contributed by atoms with Crippen LogP contribution in [0, 0.1) is 0 Å². The summed E-state index contributed by atoms with van der Waals surface area (Å²) in [6, 6.07) is 5.70. The summed E-state index contributed by atoms with van der Waals surface area (Å²) in [7, 11) is 1.62. The normalized spacial score (nSPS) is 12.6. The molecule has 0 amide bonds. The van der Waals surface area contributed by atoms with Crippen molar-refractivity contribution in [3.05, 3.63) is 28.2 Å². The maximum absolute atomic E-state index is 5.14. The molecule has 1 atom stereocenters. The smallest absolute Gasteiger partial charge is 0.133 e. The maximum atomic E-state index is 5.14. The number of methoxy groups -OCH3 is 1. The minimum Gasteiger partial charge on any atom is -0.496 e. The molecule has 1 aromatic carbocycles. The number of nitrogens with two attached hydrogens (primary N) is 1. The largest absolute Gasteiger partial charge is 0.496 e.